The third kappa shape index (κ3) is 4.09. The molecule has 5 heterocycles. The predicted octanol–water partition coefficient (Wildman–Crippen LogP) is 3.11. The number of rotatable bonds is 7. The Hall–Kier alpha value is -2.72. The van der Waals surface area contributed by atoms with Gasteiger partial charge < -0.3 is 30.0 Å². The summed E-state index contributed by atoms with van der Waals surface area (Å²) in [5.74, 6) is 1.46. The van der Waals surface area contributed by atoms with E-state index in [-0.39, 0.29) is 23.7 Å². The van der Waals surface area contributed by atoms with Crippen molar-refractivity contribution in [3.8, 4) is 16.9 Å². The van der Waals surface area contributed by atoms with E-state index in [1.54, 1.807) is 0 Å². The van der Waals surface area contributed by atoms with Gasteiger partial charge in [-0.1, -0.05) is 12.1 Å². The van der Waals surface area contributed by atoms with Crippen LogP contribution in [-0.4, -0.2) is 73.4 Å². The number of β-amino-alcohol motifs (C(OH)–C–C–N with tert-alkyl or cyclic N) is 1. The number of aliphatic hydroxyl groups excluding tert-OH is 2. The van der Waals surface area contributed by atoms with E-state index in [0.717, 1.165) is 79.4 Å². The van der Waals surface area contributed by atoms with Gasteiger partial charge in [-0.15, -0.1) is 0 Å². The van der Waals surface area contributed by atoms with Crippen molar-refractivity contribution < 1.29 is 19.7 Å². The lowest BCUT2D eigenvalue weighted by molar-refractivity contribution is -0.0708. The van der Waals surface area contributed by atoms with Crippen molar-refractivity contribution >= 4 is 16.9 Å². The van der Waals surface area contributed by atoms with E-state index < -0.39 is 6.23 Å². The Morgan fingerprint density at radius 1 is 1.19 bits per heavy atom. The number of nitrogen functional groups attached to an aromatic ring is 1. The van der Waals surface area contributed by atoms with Crippen LogP contribution in [0.1, 0.15) is 51.0 Å². The maximum atomic E-state index is 10.8. The molecule has 1 saturated carbocycles. The molecule has 9 heteroatoms. The SMILES string of the molecule is Nc1ncnc2c1c(-c1cccc(OCC34CCC(CC3)O4)c1)cn2C1CC(C(O)N2CCC(O)C2)C1. The highest BCUT2D eigenvalue weighted by Gasteiger charge is 2.46. The Labute approximate surface area is 216 Å². The van der Waals surface area contributed by atoms with Gasteiger partial charge in [0.25, 0.3) is 0 Å². The van der Waals surface area contributed by atoms with Crippen LogP contribution < -0.4 is 10.5 Å². The van der Waals surface area contributed by atoms with Crippen molar-refractivity contribution in [3.05, 3.63) is 36.8 Å². The summed E-state index contributed by atoms with van der Waals surface area (Å²) in [7, 11) is 0. The van der Waals surface area contributed by atoms with Crippen LogP contribution in [0.15, 0.2) is 36.8 Å². The van der Waals surface area contributed by atoms with Crippen LogP contribution in [0.5, 0.6) is 5.75 Å². The molecule has 3 aliphatic heterocycles. The molecular weight excluding hydrogens is 470 g/mol. The van der Waals surface area contributed by atoms with Gasteiger partial charge in [0, 0.05) is 36.8 Å². The van der Waals surface area contributed by atoms with E-state index in [1.807, 2.05) is 17.0 Å². The third-order valence-corrected chi connectivity index (χ3v) is 9.08. The van der Waals surface area contributed by atoms with Gasteiger partial charge in [0.1, 0.15) is 42.0 Å². The second kappa shape index (κ2) is 8.94. The molecule has 4 aliphatic rings. The number of aliphatic hydroxyl groups is 2. The monoisotopic (exact) mass is 505 g/mol. The maximum Gasteiger partial charge on any atom is 0.146 e. The fourth-order valence-corrected chi connectivity index (χ4v) is 6.87. The normalized spacial score (nSPS) is 32.2. The summed E-state index contributed by atoms with van der Waals surface area (Å²) in [4.78, 5) is 10.9. The first kappa shape index (κ1) is 23.4. The van der Waals surface area contributed by atoms with Crippen molar-refractivity contribution in [3.63, 3.8) is 0 Å². The number of ether oxygens (including phenoxy) is 2. The molecule has 3 aromatic rings. The van der Waals surface area contributed by atoms with Crippen LogP contribution in [0.3, 0.4) is 0 Å². The molecule has 2 bridgehead atoms. The minimum absolute atomic E-state index is 0.118. The number of nitrogens with zero attached hydrogens (tertiary/aromatic N) is 4. The van der Waals surface area contributed by atoms with Crippen LogP contribution in [0, 0.1) is 5.92 Å². The molecule has 0 spiro atoms. The molecule has 7 rings (SSSR count). The van der Waals surface area contributed by atoms with E-state index in [1.165, 1.54) is 6.33 Å². The van der Waals surface area contributed by atoms with Crippen molar-refractivity contribution in [2.45, 2.75) is 75.0 Å². The molecule has 4 fully saturated rings. The molecule has 2 atom stereocenters. The zero-order valence-corrected chi connectivity index (χ0v) is 21.0. The average Bonchev–Trinajstić information content (AvgIpc) is 3.66. The Morgan fingerprint density at radius 3 is 2.76 bits per heavy atom. The lowest BCUT2D eigenvalue weighted by Gasteiger charge is -2.42. The quantitative estimate of drug-likeness (QED) is 0.448. The Balaban J connectivity index is 1.12. The van der Waals surface area contributed by atoms with Crippen molar-refractivity contribution in [2.75, 3.05) is 25.4 Å². The number of anilines is 1. The first-order chi connectivity index (χ1) is 18.0. The van der Waals surface area contributed by atoms with Crippen molar-refractivity contribution in [1.29, 1.82) is 0 Å². The smallest absolute Gasteiger partial charge is 0.146 e. The molecule has 1 aliphatic carbocycles. The highest BCUT2D eigenvalue weighted by Crippen LogP contribution is 2.46. The maximum absolute atomic E-state index is 10.8. The Kier molecular flexibility index (Phi) is 5.65. The van der Waals surface area contributed by atoms with Gasteiger partial charge in [0.05, 0.1) is 17.6 Å². The number of benzene rings is 1. The molecule has 3 saturated heterocycles. The predicted molar refractivity (Wildman–Crippen MR) is 139 cm³/mol. The summed E-state index contributed by atoms with van der Waals surface area (Å²) >= 11 is 0. The molecule has 0 amide bonds. The Morgan fingerprint density at radius 2 is 2.03 bits per heavy atom. The summed E-state index contributed by atoms with van der Waals surface area (Å²) < 4.78 is 14.6. The fraction of sp³-hybridized carbons (Fsp3) is 0.571. The standard InChI is InChI=1S/C28H35N5O4/c29-25-24-23(17-2-1-3-22(12-17)36-15-28-7-4-21(37-28)5-8-28)14-33(26(24)31-16-30-25)19-10-18(11-19)27(35)32-9-6-20(34)13-32/h1-3,12,14,16,18-21,27,34-35H,4-11,13,15H2,(H2,29,30,31). The second-order valence-corrected chi connectivity index (χ2v) is 11.5. The van der Waals surface area contributed by atoms with Gasteiger partial charge in [-0.25, -0.2) is 9.97 Å². The zero-order chi connectivity index (χ0) is 25.1. The third-order valence-electron chi connectivity index (χ3n) is 9.08. The number of aromatic nitrogens is 3. The average molecular weight is 506 g/mol. The summed E-state index contributed by atoms with van der Waals surface area (Å²) in [5, 5.41) is 21.5. The van der Waals surface area contributed by atoms with Gasteiger partial charge in [-0.3, -0.25) is 4.90 Å². The molecule has 37 heavy (non-hydrogen) atoms. The number of fused-ring (bicyclic) bond motifs is 3. The zero-order valence-electron chi connectivity index (χ0n) is 21.0. The molecule has 4 N–H and O–H groups in total. The minimum atomic E-state index is -0.512. The van der Waals surface area contributed by atoms with E-state index in [0.29, 0.717) is 25.1 Å². The molecule has 9 nitrogen and oxygen atoms in total. The molecule has 0 radical (unpaired) electrons. The molecule has 2 unspecified atom stereocenters. The van der Waals surface area contributed by atoms with Crippen LogP contribution in [0.25, 0.3) is 22.2 Å². The van der Waals surface area contributed by atoms with E-state index >= 15 is 0 Å². The number of hydrogen-bond donors (Lipinski definition) is 3. The van der Waals surface area contributed by atoms with E-state index in [2.05, 4.69) is 32.9 Å². The van der Waals surface area contributed by atoms with Gasteiger partial charge in [-0.2, -0.15) is 0 Å². The fourth-order valence-electron chi connectivity index (χ4n) is 6.87. The summed E-state index contributed by atoms with van der Waals surface area (Å²) in [6, 6.07) is 8.37. The molecule has 2 aromatic heterocycles. The van der Waals surface area contributed by atoms with Gasteiger partial charge in [0.15, 0.2) is 0 Å². The van der Waals surface area contributed by atoms with Gasteiger partial charge >= 0.3 is 0 Å². The Bertz CT molecular complexity index is 1300. The number of hydrogen-bond acceptors (Lipinski definition) is 8. The number of nitrogens with two attached hydrogens (primary N) is 1. The first-order valence-electron chi connectivity index (χ1n) is 13.6. The summed E-state index contributed by atoms with van der Waals surface area (Å²) in [6.45, 7) is 1.88. The van der Waals surface area contributed by atoms with Crippen molar-refractivity contribution in [2.24, 2.45) is 5.92 Å². The van der Waals surface area contributed by atoms with Crippen LogP contribution in [0.2, 0.25) is 0 Å². The topological polar surface area (TPSA) is 119 Å². The minimum Gasteiger partial charge on any atom is -0.491 e. The van der Waals surface area contributed by atoms with Crippen LogP contribution in [-0.2, 0) is 4.74 Å². The summed E-state index contributed by atoms with van der Waals surface area (Å²) in [6.07, 6.45) is 10.1. The van der Waals surface area contributed by atoms with Crippen LogP contribution in [0.4, 0.5) is 5.82 Å². The van der Waals surface area contributed by atoms with Crippen molar-refractivity contribution in [1.82, 2.24) is 19.4 Å². The van der Waals surface area contributed by atoms with Gasteiger partial charge in [0.2, 0.25) is 0 Å². The first-order valence-corrected chi connectivity index (χ1v) is 13.6. The molecule has 1 aromatic carbocycles. The molecular formula is C28H35N5O4. The van der Waals surface area contributed by atoms with E-state index in [4.69, 9.17) is 15.2 Å². The van der Waals surface area contributed by atoms with E-state index in [9.17, 15) is 10.2 Å². The second-order valence-electron chi connectivity index (χ2n) is 11.5. The van der Waals surface area contributed by atoms with Crippen LogP contribution >= 0.6 is 0 Å². The highest BCUT2D eigenvalue weighted by atomic mass is 16.6. The lowest BCUT2D eigenvalue weighted by Crippen LogP contribution is -2.45. The molecule has 196 valence electrons. The highest BCUT2D eigenvalue weighted by molar-refractivity contribution is 6.00. The summed E-state index contributed by atoms with van der Waals surface area (Å²) in [5.41, 5.74) is 9.08. The number of likely N-dealkylation sites (tertiary alicyclic amines) is 1. The lowest BCUT2D eigenvalue weighted by atomic mass is 9.78. The van der Waals surface area contributed by atoms with Gasteiger partial charge in [-0.05, 0) is 62.6 Å². The largest absolute Gasteiger partial charge is 0.491 e.